The highest BCUT2D eigenvalue weighted by molar-refractivity contribution is 6.07. The van der Waals surface area contributed by atoms with Gasteiger partial charge in [0.15, 0.2) is 0 Å². The van der Waals surface area contributed by atoms with Gasteiger partial charge in [0.1, 0.15) is 0 Å². The lowest BCUT2D eigenvalue weighted by molar-refractivity contribution is -0.137. The summed E-state index contributed by atoms with van der Waals surface area (Å²) in [6.07, 6.45) is 2.15. The Hall–Kier alpha value is -2.67. The fourth-order valence-electron chi connectivity index (χ4n) is 2.47. The second-order valence-corrected chi connectivity index (χ2v) is 5.72. The highest BCUT2D eigenvalue weighted by Gasteiger charge is 2.22. The van der Waals surface area contributed by atoms with Gasteiger partial charge in [-0.05, 0) is 26.1 Å². The summed E-state index contributed by atoms with van der Waals surface area (Å²) in [4.78, 5) is 39.9. The van der Waals surface area contributed by atoms with Gasteiger partial charge in [-0.15, -0.1) is 0 Å². The molecule has 1 aliphatic rings. The zero-order valence-corrected chi connectivity index (χ0v) is 14.5. The summed E-state index contributed by atoms with van der Waals surface area (Å²) in [5.41, 5.74) is 0.856. The van der Waals surface area contributed by atoms with Gasteiger partial charge < -0.3 is 19.9 Å². The molecule has 1 aliphatic heterocycles. The van der Waals surface area contributed by atoms with Gasteiger partial charge >= 0.3 is 5.97 Å². The van der Waals surface area contributed by atoms with Crippen LogP contribution in [0.1, 0.15) is 17.3 Å². The summed E-state index contributed by atoms with van der Waals surface area (Å²) in [5, 5.41) is 2.65. The van der Waals surface area contributed by atoms with Gasteiger partial charge in [-0.2, -0.15) is 0 Å². The summed E-state index contributed by atoms with van der Waals surface area (Å²) in [5.74, 6) is -1.19. The van der Waals surface area contributed by atoms with Crippen LogP contribution in [0.3, 0.4) is 0 Å². The van der Waals surface area contributed by atoms with E-state index in [1.807, 2.05) is 7.05 Å². The molecule has 0 unspecified atom stereocenters. The van der Waals surface area contributed by atoms with Crippen molar-refractivity contribution < 1.29 is 19.1 Å². The van der Waals surface area contributed by atoms with E-state index in [0.29, 0.717) is 24.3 Å². The summed E-state index contributed by atoms with van der Waals surface area (Å²) >= 11 is 0. The first kappa shape index (κ1) is 18.7. The maximum absolute atomic E-state index is 12.7. The molecule has 1 aromatic carbocycles. The van der Waals surface area contributed by atoms with Crippen LogP contribution in [0.15, 0.2) is 36.4 Å². The first-order chi connectivity index (χ1) is 12.0. The largest absolute Gasteiger partial charge is 0.463 e. The summed E-state index contributed by atoms with van der Waals surface area (Å²) < 4.78 is 4.72. The number of carbonyl (C=O) groups is 3. The number of amides is 2. The minimum atomic E-state index is -0.584. The number of nitrogens with one attached hydrogen (secondary N) is 1. The Bertz CT molecular complexity index is 664. The molecule has 0 aliphatic carbocycles. The molecule has 0 aromatic heterocycles. The number of esters is 1. The molecule has 1 aromatic rings. The number of carbonyl (C=O) groups excluding carboxylic acids is 3. The number of piperazine rings is 1. The molecular weight excluding hydrogens is 322 g/mol. The molecule has 1 saturated heterocycles. The van der Waals surface area contributed by atoms with E-state index in [1.165, 1.54) is 0 Å². The van der Waals surface area contributed by atoms with E-state index in [9.17, 15) is 14.4 Å². The Kier molecular flexibility index (Phi) is 6.71. The number of nitrogens with zero attached hydrogens (tertiary/aromatic N) is 2. The van der Waals surface area contributed by atoms with Gasteiger partial charge in [-0.25, -0.2) is 4.79 Å². The van der Waals surface area contributed by atoms with Crippen LogP contribution >= 0.6 is 0 Å². The third-order valence-electron chi connectivity index (χ3n) is 3.86. The van der Waals surface area contributed by atoms with Gasteiger partial charge in [0.25, 0.3) is 5.91 Å². The topological polar surface area (TPSA) is 78.9 Å². The summed E-state index contributed by atoms with van der Waals surface area (Å²) in [6.45, 7) is 4.88. The van der Waals surface area contributed by atoms with Gasteiger partial charge in [0, 0.05) is 38.3 Å². The Balaban J connectivity index is 2.06. The number of benzene rings is 1. The molecule has 2 amide bonds. The molecule has 0 spiro atoms. The Labute approximate surface area is 147 Å². The molecule has 25 heavy (non-hydrogen) atoms. The third-order valence-corrected chi connectivity index (χ3v) is 3.86. The van der Waals surface area contributed by atoms with E-state index in [-0.39, 0.29) is 12.5 Å². The van der Waals surface area contributed by atoms with Crippen molar-refractivity contribution in [1.29, 1.82) is 0 Å². The van der Waals surface area contributed by atoms with E-state index in [1.54, 1.807) is 36.1 Å². The monoisotopic (exact) mass is 345 g/mol. The van der Waals surface area contributed by atoms with Gasteiger partial charge in [0.2, 0.25) is 5.91 Å². The number of hydrogen-bond acceptors (Lipinski definition) is 5. The van der Waals surface area contributed by atoms with Gasteiger partial charge in [0.05, 0.1) is 17.9 Å². The average Bonchev–Trinajstić information content (AvgIpc) is 2.61. The summed E-state index contributed by atoms with van der Waals surface area (Å²) in [7, 11) is 2.02. The lowest BCUT2D eigenvalue weighted by Crippen LogP contribution is -2.47. The predicted molar refractivity (Wildman–Crippen MR) is 94.2 cm³/mol. The average molecular weight is 345 g/mol. The van der Waals surface area contributed by atoms with E-state index in [4.69, 9.17) is 4.74 Å². The van der Waals surface area contributed by atoms with Crippen molar-refractivity contribution in [2.75, 3.05) is 45.2 Å². The van der Waals surface area contributed by atoms with E-state index in [0.717, 1.165) is 25.2 Å². The van der Waals surface area contributed by atoms with Crippen molar-refractivity contribution in [3.05, 3.63) is 42.0 Å². The number of para-hydroxylation sites is 1. The molecule has 0 saturated carbocycles. The van der Waals surface area contributed by atoms with Crippen LogP contribution in [0.2, 0.25) is 0 Å². The van der Waals surface area contributed by atoms with Crippen molar-refractivity contribution in [3.8, 4) is 0 Å². The number of rotatable bonds is 5. The molecular formula is C18H23N3O4. The first-order valence-electron chi connectivity index (χ1n) is 8.24. The van der Waals surface area contributed by atoms with Crippen LogP contribution in [-0.2, 0) is 14.3 Å². The standard InChI is InChI=1S/C18H23N3O4/c1-3-25-17(23)9-8-16(22)19-15-7-5-4-6-14(15)18(24)21-12-10-20(2)11-13-21/h4-9H,3,10-13H2,1-2H3,(H,19,22)/b9-8+. The molecule has 134 valence electrons. The molecule has 0 atom stereocenters. The third kappa shape index (κ3) is 5.42. The minimum Gasteiger partial charge on any atom is -0.463 e. The Morgan fingerprint density at radius 3 is 2.48 bits per heavy atom. The van der Waals surface area contributed by atoms with E-state index >= 15 is 0 Å². The van der Waals surface area contributed by atoms with Crippen molar-refractivity contribution in [3.63, 3.8) is 0 Å². The van der Waals surface area contributed by atoms with Crippen LogP contribution in [-0.4, -0.2) is 67.4 Å². The number of anilines is 1. The highest BCUT2D eigenvalue weighted by atomic mass is 16.5. The molecule has 0 radical (unpaired) electrons. The van der Waals surface area contributed by atoms with Crippen LogP contribution in [0, 0.1) is 0 Å². The van der Waals surface area contributed by atoms with Gasteiger partial charge in [-0.1, -0.05) is 12.1 Å². The number of ether oxygens (including phenoxy) is 1. The van der Waals surface area contributed by atoms with Crippen molar-refractivity contribution in [1.82, 2.24) is 9.80 Å². The van der Waals surface area contributed by atoms with Crippen LogP contribution in [0.25, 0.3) is 0 Å². The first-order valence-corrected chi connectivity index (χ1v) is 8.24. The molecule has 2 rings (SSSR count). The quantitative estimate of drug-likeness (QED) is 0.639. The SMILES string of the molecule is CCOC(=O)/C=C/C(=O)Nc1ccccc1C(=O)N1CCN(C)CC1. The number of hydrogen-bond donors (Lipinski definition) is 1. The van der Waals surface area contributed by atoms with Crippen LogP contribution in [0.5, 0.6) is 0 Å². The molecule has 1 heterocycles. The highest BCUT2D eigenvalue weighted by Crippen LogP contribution is 2.18. The van der Waals surface area contributed by atoms with Crippen molar-refractivity contribution in [2.24, 2.45) is 0 Å². The second kappa shape index (κ2) is 8.98. The Morgan fingerprint density at radius 2 is 1.80 bits per heavy atom. The second-order valence-electron chi connectivity index (χ2n) is 5.72. The minimum absolute atomic E-state index is 0.113. The zero-order chi connectivity index (χ0) is 18.2. The zero-order valence-electron chi connectivity index (χ0n) is 14.5. The normalized spacial score (nSPS) is 15.2. The number of likely N-dealkylation sites (N-methyl/N-ethyl adjacent to an activating group) is 1. The van der Waals surface area contributed by atoms with Gasteiger partial charge in [-0.3, -0.25) is 9.59 Å². The fourth-order valence-corrected chi connectivity index (χ4v) is 2.47. The molecule has 7 heteroatoms. The van der Waals surface area contributed by atoms with E-state index in [2.05, 4.69) is 10.2 Å². The van der Waals surface area contributed by atoms with Crippen LogP contribution < -0.4 is 5.32 Å². The molecule has 1 fully saturated rings. The molecule has 7 nitrogen and oxygen atoms in total. The maximum Gasteiger partial charge on any atom is 0.330 e. The summed E-state index contributed by atoms with van der Waals surface area (Å²) in [6, 6.07) is 6.85. The molecule has 0 bridgehead atoms. The lowest BCUT2D eigenvalue weighted by atomic mass is 10.1. The fraction of sp³-hybridized carbons (Fsp3) is 0.389. The Morgan fingerprint density at radius 1 is 1.12 bits per heavy atom. The maximum atomic E-state index is 12.7. The van der Waals surface area contributed by atoms with Crippen molar-refractivity contribution in [2.45, 2.75) is 6.92 Å². The molecule has 1 N–H and O–H groups in total. The van der Waals surface area contributed by atoms with Crippen molar-refractivity contribution >= 4 is 23.5 Å². The van der Waals surface area contributed by atoms with Crippen LogP contribution in [0.4, 0.5) is 5.69 Å². The van der Waals surface area contributed by atoms with E-state index < -0.39 is 11.9 Å². The predicted octanol–water partition coefficient (Wildman–Crippen LogP) is 1.13. The smallest absolute Gasteiger partial charge is 0.330 e. The lowest BCUT2D eigenvalue weighted by Gasteiger charge is -2.32.